The Bertz CT molecular complexity index is 1330. The molecule has 1 atom stereocenters. The van der Waals surface area contributed by atoms with E-state index in [9.17, 15) is 14.4 Å². The molecule has 4 aromatic rings. The molecular formula is C29H23NO3. The molecule has 0 aromatic heterocycles. The lowest BCUT2D eigenvalue weighted by Gasteiger charge is -2.13. The zero-order chi connectivity index (χ0) is 23.0. The van der Waals surface area contributed by atoms with Crippen LogP contribution in [0, 0.1) is 0 Å². The van der Waals surface area contributed by atoms with Crippen molar-refractivity contribution in [3.63, 3.8) is 0 Å². The number of amides is 1. The highest BCUT2D eigenvalue weighted by molar-refractivity contribution is 6.08. The number of fused-ring (bicyclic) bond motifs is 1. The fraction of sp³-hybridized carbons (Fsp3) is 0.0690. The van der Waals surface area contributed by atoms with E-state index in [1.165, 1.54) is 6.08 Å². The van der Waals surface area contributed by atoms with E-state index in [-0.39, 0.29) is 11.7 Å². The van der Waals surface area contributed by atoms with Crippen molar-refractivity contribution in [2.24, 2.45) is 0 Å². The SMILES string of the molecule is O=CC(Cc1ccccc1)NC(=O)c1cccc(/C=C/C(=O)c2ccc3ccccc3c2)c1. The normalized spacial score (nSPS) is 11.9. The van der Waals surface area contributed by atoms with Crippen molar-refractivity contribution in [2.75, 3.05) is 0 Å². The van der Waals surface area contributed by atoms with Crippen LogP contribution in [-0.4, -0.2) is 24.0 Å². The zero-order valence-corrected chi connectivity index (χ0v) is 18.0. The molecule has 0 heterocycles. The molecule has 1 amide bonds. The smallest absolute Gasteiger partial charge is 0.251 e. The average Bonchev–Trinajstić information content (AvgIpc) is 2.87. The molecule has 33 heavy (non-hydrogen) atoms. The molecule has 0 bridgehead atoms. The molecule has 4 aromatic carbocycles. The number of hydrogen-bond acceptors (Lipinski definition) is 3. The Kier molecular flexibility index (Phi) is 6.86. The van der Waals surface area contributed by atoms with E-state index in [4.69, 9.17) is 0 Å². The lowest BCUT2D eigenvalue weighted by atomic mass is 10.0. The Morgan fingerprint density at radius 1 is 0.758 bits per heavy atom. The monoisotopic (exact) mass is 433 g/mol. The van der Waals surface area contributed by atoms with Gasteiger partial charge in [-0.25, -0.2) is 0 Å². The van der Waals surface area contributed by atoms with E-state index in [1.54, 1.807) is 24.3 Å². The Morgan fingerprint density at radius 2 is 1.52 bits per heavy atom. The van der Waals surface area contributed by atoms with Gasteiger partial charge in [-0.05, 0) is 52.6 Å². The maximum Gasteiger partial charge on any atom is 0.251 e. The van der Waals surface area contributed by atoms with Crippen LogP contribution >= 0.6 is 0 Å². The third-order valence-electron chi connectivity index (χ3n) is 5.39. The number of hydrogen-bond donors (Lipinski definition) is 1. The third-order valence-corrected chi connectivity index (χ3v) is 5.39. The summed E-state index contributed by atoms with van der Waals surface area (Å²) in [5.41, 5.74) is 2.73. The van der Waals surface area contributed by atoms with E-state index in [0.717, 1.165) is 28.2 Å². The van der Waals surface area contributed by atoms with Gasteiger partial charge in [0.1, 0.15) is 6.29 Å². The van der Waals surface area contributed by atoms with Gasteiger partial charge < -0.3 is 10.1 Å². The van der Waals surface area contributed by atoms with Crippen molar-refractivity contribution in [3.8, 4) is 0 Å². The Balaban J connectivity index is 1.44. The van der Waals surface area contributed by atoms with Crippen LogP contribution in [0.4, 0.5) is 0 Å². The molecule has 0 spiro atoms. The van der Waals surface area contributed by atoms with Crippen LogP contribution in [0.1, 0.15) is 31.8 Å². The first-order chi connectivity index (χ1) is 16.1. The molecule has 4 heteroatoms. The summed E-state index contributed by atoms with van der Waals surface area (Å²) in [6.07, 6.45) is 4.37. The number of rotatable bonds is 8. The van der Waals surface area contributed by atoms with Gasteiger partial charge in [0, 0.05) is 11.1 Å². The first-order valence-electron chi connectivity index (χ1n) is 10.7. The van der Waals surface area contributed by atoms with Crippen molar-refractivity contribution in [1.82, 2.24) is 5.32 Å². The summed E-state index contributed by atoms with van der Waals surface area (Å²) in [4.78, 5) is 36.8. The number of nitrogens with one attached hydrogen (secondary N) is 1. The van der Waals surface area contributed by atoms with E-state index in [1.807, 2.05) is 78.9 Å². The summed E-state index contributed by atoms with van der Waals surface area (Å²) < 4.78 is 0. The Morgan fingerprint density at radius 3 is 2.30 bits per heavy atom. The summed E-state index contributed by atoms with van der Waals surface area (Å²) in [6.45, 7) is 0. The minimum atomic E-state index is -0.617. The third kappa shape index (κ3) is 5.69. The number of carbonyl (C=O) groups is 3. The number of benzene rings is 4. The van der Waals surface area contributed by atoms with Crippen LogP contribution in [0.25, 0.3) is 16.8 Å². The maximum absolute atomic E-state index is 12.7. The predicted molar refractivity (Wildman–Crippen MR) is 131 cm³/mol. The highest BCUT2D eigenvalue weighted by atomic mass is 16.2. The minimum absolute atomic E-state index is 0.112. The van der Waals surface area contributed by atoms with Gasteiger partial charge in [-0.3, -0.25) is 9.59 Å². The zero-order valence-electron chi connectivity index (χ0n) is 18.0. The van der Waals surface area contributed by atoms with Crippen molar-refractivity contribution in [1.29, 1.82) is 0 Å². The van der Waals surface area contributed by atoms with Crippen LogP contribution in [-0.2, 0) is 11.2 Å². The molecule has 1 N–H and O–H groups in total. The summed E-state index contributed by atoms with van der Waals surface area (Å²) in [6, 6.07) is 29.4. The van der Waals surface area contributed by atoms with Gasteiger partial charge in [0.25, 0.3) is 5.91 Å². The summed E-state index contributed by atoms with van der Waals surface area (Å²) in [7, 11) is 0. The number of carbonyl (C=O) groups excluding carboxylic acids is 3. The number of ketones is 1. The van der Waals surface area contributed by atoms with E-state index in [0.29, 0.717) is 17.5 Å². The van der Waals surface area contributed by atoms with E-state index < -0.39 is 6.04 Å². The molecule has 4 rings (SSSR count). The summed E-state index contributed by atoms with van der Waals surface area (Å²) in [5, 5.41) is 4.86. The van der Waals surface area contributed by atoms with Crippen LogP contribution in [0.2, 0.25) is 0 Å². The largest absolute Gasteiger partial charge is 0.342 e. The van der Waals surface area contributed by atoms with E-state index >= 15 is 0 Å². The second-order valence-corrected chi connectivity index (χ2v) is 7.79. The molecule has 0 aliphatic carbocycles. The Hall–Kier alpha value is -4.31. The maximum atomic E-state index is 12.7. The van der Waals surface area contributed by atoms with Gasteiger partial charge in [0.2, 0.25) is 0 Å². The highest BCUT2D eigenvalue weighted by Gasteiger charge is 2.14. The highest BCUT2D eigenvalue weighted by Crippen LogP contribution is 2.17. The molecule has 4 nitrogen and oxygen atoms in total. The van der Waals surface area contributed by atoms with Crippen LogP contribution in [0.15, 0.2) is 103 Å². The molecule has 0 radical (unpaired) electrons. The standard InChI is InChI=1S/C29H23NO3/c31-20-27(18-21-7-2-1-3-8-21)30-29(33)26-12-6-9-22(17-26)13-16-28(32)25-15-14-23-10-4-5-11-24(23)19-25/h1-17,19-20,27H,18H2,(H,30,33)/b16-13+. The van der Waals surface area contributed by atoms with Crippen LogP contribution in [0.3, 0.4) is 0 Å². The molecule has 0 saturated carbocycles. The quantitative estimate of drug-likeness (QED) is 0.234. The van der Waals surface area contributed by atoms with Gasteiger partial charge in [-0.1, -0.05) is 84.9 Å². The predicted octanol–water partition coefficient (Wildman–Crippen LogP) is 5.28. The lowest BCUT2D eigenvalue weighted by Crippen LogP contribution is -2.37. The molecular weight excluding hydrogens is 410 g/mol. The molecule has 1 unspecified atom stereocenters. The van der Waals surface area contributed by atoms with Crippen molar-refractivity contribution in [2.45, 2.75) is 12.5 Å². The Labute approximate surface area is 192 Å². The first kappa shape index (κ1) is 21.9. The number of aldehydes is 1. The van der Waals surface area contributed by atoms with Crippen molar-refractivity contribution in [3.05, 3.63) is 125 Å². The summed E-state index contributed by atoms with van der Waals surface area (Å²) in [5.74, 6) is -0.446. The first-order valence-corrected chi connectivity index (χ1v) is 10.7. The molecule has 0 aliphatic heterocycles. The lowest BCUT2D eigenvalue weighted by molar-refractivity contribution is -0.109. The molecule has 0 saturated heterocycles. The second kappa shape index (κ2) is 10.3. The van der Waals surface area contributed by atoms with Gasteiger partial charge in [-0.15, -0.1) is 0 Å². The van der Waals surface area contributed by atoms with Crippen LogP contribution in [0.5, 0.6) is 0 Å². The fourth-order valence-electron chi connectivity index (χ4n) is 3.65. The minimum Gasteiger partial charge on any atom is -0.342 e. The summed E-state index contributed by atoms with van der Waals surface area (Å²) >= 11 is 0. The van der Waals surface area contributed by atoms with Gasteiger partial charge in [0.05, 0.1) is 6.04 Å². The topological polar surface area (TPSA) is 63.2 Å². The molecule has 162 valence electrons. The van der Waals surface area contributed by atoms with Gasteiger partial charge in [-0.2, -0.15) is 0 Å². The van der Waals surface area contributed by atoms with Gasteiger partial charge >= 0.3 is 0 Å². The molecule has 0 fully saturated rings. The second-order valence-electron chi connectivity index (χ2n) is 7.79. The number of allylic oxidation sites excluding steroid dienone is 1. The van der Waals surface area contributed by atoms with E-state index in [2.05, 4.69) is 5.32 Å². The van der Waals surface area contributed by atoms with Crippen molar-refractivity contribution < 1.29 is 14.4 Å². The molecule has 0 aliphatic rings. The van der Waals surface area contributed by atoms with Crippen molar-refractivity contribution >= 4 is 34.8 Å². The van der Waals surface area contributed by atoms with Crippen LogP contribution < -0.4 is 5.32 Å². The average molecular weight is 434 g/mol. The fourth-order valence-corrected chi connectivity index (χ4v) is 3.65. The van der Waals surface area contributed by atoms with Gasteiger partial charge in [0.15, 0.2) is 5.78 Å².